The van der Waals surface area contributed by atoms with Gasteiger partial charge < -0.3 is 15.4 Å². The third kappa shape index (κ3) is 8.79. The van der Waals surface area contributed by atoms with Crippen LogP contribution in [-0.4, -0.2) is 29.6 Å². The molecule has 0 saturated carbocycles. The number of halogens is 3. The molecule has 1 aromatic heterocycles. The summed E-state index contributed by atoms with van der Waals surface area (Å²) in [4.78, 5) is 29.7. The molecule has 0 radical (unpaired) electrons. The molecule has 1 heterocycles. The van der Waals surface area contributed by atoms with Gasteiger partial charge in [0.2, 0.25) is 0 Å². The predicted octanol–water partition coefficient (Wildman–Crippen LogP) is 9.13. The maximum Gasteiger partial charge on any atom is 0.271 e. The van der Waals surface area contributed by atoms with Gasteiger partial charge in [-0.1, -0.05) is 29.8 Å². The van der Waals surface area contributed by atoms with Gasteiger partial charge in [-0.25, -0.2) is 10.4 Å². The average molecular weight is 768 g/mol. The van der Waals surface area contributed by atoms with Crippen molar-refractivity contribution in [1.82, 2.24) is 10.4 Å². The predicted molar refractivity (Wildman–Crippen MR) is 189 cm³/mol. The molecule has 228 valence electrons. The Morgan fingerprint density at radius 2 is 1.62 bits per heavy atom. The quantitative estimate of drug-likeness (QED) is 0.0972. The summed E-state index contributed by atoms with van der Waals surface area (Å²) in [7, 11) is 0. The molecule has 0 bridgehead atoms. The van der Waals surface area contributed by atoms with E-state index in [-0.39, 0.29) is 18.4 Å². The number of thiazole rings is 1. The summed E-state index contributed by atoms with van der Waals surface area (Å²) in [6, 6.07) is 23.8. The number of hydrogen-bond donors (Lipinski definition) is 3. The van der Waals surface area contributed by atoms with Gasteiger partial charge in [-0.05, 0) is 123 Å². The highest BCUT2D eigenvalue weighted by Crippen LogP contribution is 2.34. The number of nitrogens with one attached hydrogen (secondary N) is 3. The largest absolute Gasteiger partial charge is 0.481 e. The zero-order chi connectivity index (χ0) is 31.9. The Hall–Kier alpha value is -4.03. The number of benzene rings is 4. The first-order valence-corrected chi connectivity index (χ1v) is 16.4. The number of carbonyl (C=O) groups is 2. The van der Waals surface area contributed by atoms with Crippen molar-refractivity contribution >= 4 is 89.3 Å². The Balaban J connectivity index is 1.13. The van der Waals surface area contributed by atoms with Crippen LogP contribution >= 0.6 is 54.8 Å². The molecule has 2 amide bonds. The minimum Gasteiger partial charge on any atom is -0.481 e. The number of carbonyl (C=O) groups excluding carboxylic acids is 2. The zero-order valence-electron chi connectivity index (χ0n) is 24.0. The molecule has 4 aromatic carbocycles. The summed E-state index contributed by atoms with van der Waals surface area (Å²) in [5.74, 6) is -0.158. The van der Waals surface area contributed by atoms with Crippen molar-refractivity contribution < 1.29 is 14.3 Å². The highest BCUT2D eigenvalue weighted by molar-refractivity contribution is 9.11. The summed E-state index contributed by atoms with van der Waals surface area (Å²) < 4.78 is 6.99. The van der Waals surface area contributed by atoms with E-state index in [1.165, 1.54) is 17.6 Å². The first kappa shape index (κ1) is 32.4. The van der Waals surface area contributed by atoms with Crippen LogP contribution in [0.3, 0.4) is 0 Å². The molecular formula is C33H26Br2ClN5O3S. The van der Waals surface area contributed by atoms with Gasteiger partial charge in [0, 0.05) is 32.9 Å². The van der Waals surface area contributed by atoms with Gasteiger partial charge >= 0.3 is 0 Å². The van der Waals surface area contributed by atoms with Crippen LogP contribution in [-0.2, 0) is 4.79 Å². The van der Waals surface area contributed by atoms with Crippen molar-refractivity contribution in [3.05, 3.63) is 120 Å². The Morgan fingerprint density at radius 3 is 2.31 bits per heavy atom. The smallest absolute Gasteiger partial charge is 0.271 e. The van der Waals surface area contributed by atoms with E-state index in [4.69, 9.17) is 16.3 Å². The van der Waals surface area contributed by atoms with E-state index in [1.807, 2.05) is 73.8 Å². The van der Waals surface area contributed by atoms with E-state index in [9.17, 15) is 9.59 Å². The number of aryl methyl sites for hydroxylation is 2. The van der Waals surface area contributed by atoms with E-state index >= 15 is 0 Å². The van der Waals surface area contributed by atoms with E-state index in [0.717, 1.165) is 33.2 Å². The fraction of sp³-hybridized carbons (Fsp3) is 0.0909. The molecule has 0 saturated heterocycles. The molecule has 0 fully saturated rings. The second-order valence-electron chi connectivity index (χ2n) is 9.90. The van der Waals surface area contributed by atoms with Gasteiger partial charge in [0.05, 0.1) is 20.9 Å². The van der Waals surface area contributed by atoms with Crippen LogP contribution in [0.4, 0.5) is 16.5 Å². The van der Waals surface area contributed by atoms with Crippen molar-refractivity contribution in [2.24, 2.45) is 5.10 Å². The van der Waals surface area contributed by atoms with Crippen LogP contribution in [0.1, 0.15) is 27.0 Å². The van der Waals surface area contributed by atoms with E-state index in [1.54, 1.807) is 24.3 Å². The molecule has 0 spiro atoms. The fourth-order valence-electron chi connectivity index (χ4n) is 4.09. The number of aromatic nitrogens is 1. The van der Waals surface area contributed by atoms with Crippen LogP contribution in [0, 0.1) is 13.8 Å². The summed E-state index contributed by atoms with van der Waals surface area (Å²) in [6.45, 7) is 3.84. The lowest BCUT2D eigenvalue weighted by molar-refractivity contribution is -0.118. The maximum atomic E-state index is 12.7. The second kappa shape index (κ2) is 14.8. The van der Waals surface area contributed by atoms with Crippen molar-refractivity contribution in [1.29, 1.82) is 0 Å². The second-order valence-corrected chi connectivity index (χ2v) is 12.9. The molecule has 0 aliphatic heterocycles. The molecule has 5 rings (SSSR count). The lowest BCUT2D eigenvalue weighted by Crippen LogP contribution is -2.20. The van der Waals surface area contributed by atoms with Gasteiger partial charge in [0.25, 0.3) is 11.8 Å². The molecule has 3 N–H and O–H groups in total. The minimum atomic E-state index is -0.353. The topological polar surface area (TPSA) is 105 Å². The number of ether oxygens (including phenoxy) is 1. The molecular weight excluding hydrogens is 742 g/mol. The summed E-state index contributed by atoms with van der Waals surface area (Å²) in [5.41, 5.74) is 9.24. The van der Waals surface area contributed by atoms with Gasteiger partial charge in [0.15, 0.2) is 11.7 Å². The highest BCUT2D eigenvalue weighted by atomic mass is 79.9. The van der Waals surface area contributed by atoms with Gasteiger partial charge in [0.1, 0.15) is 5.75 Å². The average Bonchev–Trinajstić information content (AvgIpc) is 3.48. The molecule has 0 aliphatic rings. The number of rotatable bonds is 10. The minimum absolute atomic E-state index is 0.170. The van der Waals surface area contributed by atoms with Crippen molar-refractivity contribution in [2.75, 3.05) is 17.2 Å². The van der Waals surface area contributed by atoms with Gasteiger partial charge in [-0.15, -0.1) is 11.3 Å². The number of nitrogens with zero attached hydrogens (tertiary/aromatic N) is 2. The number of amides is 2. The molecule has 8 nitrogen and oxygen atoms in total. The highest BCUT2D eigenvalue weighted by Gasteiger charge is 2.12. The SMILES string of the molecule is Cc1ccc(NC(=O)COc2c(Br)cc(/C=N\NC(=O)c3ccc(-c4csc(Nc5ccc(Cl)cc5)n4)cc3)cc2Br)cc1C. The molecule has 5 aromatic rings. The summed E-state index contributed by atoms with van der Waals surface area (Å²) in [6.07, 6.45) is 1.52. The fourth-order valence-corrected chi connectivity index (χ4v) is 6.41. The number of hydrogen-bond acceptors (Lipinski definition) is 7. The third-order valence-electron chi connectivity index (χ3n) is 6.58. The Kier molecular flexibility index (Phi) is 10.7. The Bertz CT molecular complexity index is 1860. The third-order valence-corrected chi connectivity index (χ3v) is 8.77. The Morgan fingerprint density at radius 1 is 0.933 bits per heavy atom. The van der Waals surface area contributed by atoms with Crippen LogP contribution < -0.4 is 20.8 Å². The number of hydrazone groups is 1. The first-order valence-electron chi connectivity index (χ1n) is 13.6. The maximum absolute atomic E-state index is 12.7. The lowest BCUT2D eigenvalue weighted by atomic mass is 10.1. The lowest BCUT2D eigenvalue weighted by Gasteiger charge is -2.12. The van der Waals surface area contributed by atoms with Crippen LogP contribution in [0.15, 0.2) is 98.3 Å². The van der Waals surface area contributed by atoms with E-state index in [0.29, 0.717) is 36.5 Å². The van der Waals surface area contributed by atoms with Crippen molar-refractivity contribution in [3.8, 4) is 17.0 Å². The van der Waals surface area contributed by atoms with Crippen molar-refractivity contribution in [2.45, 2.75) is 13.8 Å². The van der Waals surface area contributed by atoms with Crippen molar-refractivity contribution in [3.63, 3.8) is 0 Å². The normalized spacial score (nSPS) is 11.0. The van der Waals surface area contributed by atoms with Crippen LogP contribution in [0.25, 0.3) is 11.3 Å². The van der Waals surface area contributed by atoms with E-state index < -0.39 is 0 Å². The van der Waals surface area contributed by atoms with Gasteiger partial charge in [-0.3, -0.25) is 9.59 Å². The molecule has 0 unspecified atom stereocenters. The van der Waals surface area contributed by atoms with Gasteiger partial charge in [-0.2, -0.15) is 5.10 Å². The standard InChI is InChI=1S/C33H26Br2ClN5O3S/c1-19-3-10-26(13-20(19)2)38-30(42)17-44-31-27(34)14-21(15-28(31)35)16-37-41-32(43)23-6-4-22(5-7-23)29-18-45-33(40-29)39-25-11-8-24(36)9-12-25/h3-16,18H,17H2,1-2H3,(H,38,42)(H,39,40)(H,41,43)/b37-16-. The zero-order valence-corrected chi connectivity index (χ0v) is 28.8. The Labute approximate surface area is 286 Å². The molecule has 0 aliphatic carbocycles. The monoisotopic (exact) mass is 765 g/mol. The van der Waals surface area contributed by atoms with Crippen LogP contribution in [0.5, 0.6) is 5.75 Å². The van der Waals surface area contributed by atoms with E-state index in [2.05, 4.69) is 58.0 Å². The first-order chi connectivity index (χ1) is 21.6. The summed E-state index contributed by atoms with van der Waals surface area (Å²) >= 11 is 14.4. The molecule has 0 atom stereocenters. The summed E-state index contributed by atoms with van der Waals surface area (Å²) in [5, 5.41) is 13.6. The molecule has 12 heteroatoms. The number of anilines is 3. The van der Waals surface area contributed by atoms with Crippen LogP contribution in [0.2, 0.25) is 5.02 Å². The molecule has 45 heavy (non-hydrogen) atoms.